The van der Waals surface area contributed by atoms with E-state index in [1.54, 1.807) is 11.9 Å². The van der Waals surface area contributed by atoms with Gasteiger partial charge in [-0.25, -0.2) is 4.39 Å². The molecule has 3 rings (SSSR count). The number of carbonyl (C=O) groups is 2. The average Bonchev–Trinajstić information content (AvgIpc) is 3.38. The summed E-state index contributed by atoms with van der Waals surface area (Å²) >= 11 is 0. The highest BCUT2D eigenvalue weighted by molar-refractivity contribution is 5.99. The molecule has 1 N–H and O–H groups in total. The Labute approximate surface area is 140 Å². The molecule has 2 aromatic carbocycles. The third-order valence-corrected chi connectivity index (χ3v) is 4.19. The minimum Gasteiger partial charge on any atom is -0.341 e. The first-order valence-electron chi connectivity index (χ1n) is 7.90. The van der Waals surface area contributed by atoms with E-state index in [-0.39, 0.29) is 29.5 Å². The zero-order valence-electron chi connectivity index (χ0n) is 13.4. The zero-order valence-corrected chi connectivity index (χ0v) is 13.4. The van der Waals surface area contributed by atoms with E-state index in [0.717, 1.165) is 5.56 Å². The molecule has 5 heteroatoms. The monoisotopic (exact) mass is 326 g/mol. The molecule has 4 nitrogen and oxygen atoms in total. The highest BCUT2D eigenvalue weighted by Gasteiger charge is 2.49. The summed E-state index contributed by atoms with van der Waals surface area (Å²) in [5, 5.41) is 2.73. The van der Waals surface area contributed by atoms with Gasteiger partial charge in [-0.05, 0) is 36.2 Å². The Balaban J connectivity index is 1.53. The Kier molecular flexibility index (Phi) is 4.60. The molecule has 2 unspecified atom stereocenters. The summed E-state index contributed by atoms with van der Waals surface area (Å²) < 4.78 is 12.9. The summed E-state index contributed by atoms with van der Waals surface area (Å²) in [7, 11) is 1.75. The highest BCUT2D eigenvalue weighted by Crippen LogP contribution is 2.40. The number of nitrogens with one attached hydrogen (secondary N) is 1. The SMILES string of the molecule is CN(Cc1ccccc1)C(=O)C1CC1C(=O)Nc1ccc(F)cc1. The lowest BCUT2D eigenvalue weighted by atomic mass is 10.2. The summed E-state index contributed by atoms with van der Waals surface area (Å²) in [5.74, 6) is -1.12. The summed E-state index contributed by atoms with van der Waals surface area (Å²) in [5.41, 5.74) is 1.60. The van der Waals surface area contributed by atoms with E-state index in [1.165, 1.54) is 24.3 Å². The van der Waals surface area contributed by atoms with Crippen molar-refractivity contribution in [3.8, 4) is 0 Å². The maximum absolute atomic E-state index is 12.9. The fraction of sp³-hybridized carbons (Fsp3) is 0.263. The second-order valence-electron chi connectivity index (χ2n) is 6.12. The lowest BCUT2D eigenvalue weighted by molar-refractivity contribution is -0.133. The van der Waals surface area contributed by atoms with Crippen molar-refractivity contribution in [2.75, 3.05) is 12.4 Å². The van der Waals surface area contributed by atoms with Crippen LogP contribution in [0.1, 0.15) is 12.0 Å². The first-order valence-corrected chi connectivity index (χ1v) is 7.90. The van der Waals surface area contributed by atoms with Crippen LogP contribution in [0.4, 0.5) is 10.1 Å². The number of nitrogens with zero attached hydrogens (tertiary/aromatic N) is 1. The Hall–Kier alpha value is -2.69. The maximum Gasteiger partial charge on any atom is 0.228 e. The number of anilines is 1. The zero-order chi connectivity index (χ0) is 17.1. The minimum absolute atomic E-state index is 0.0156. The van der Waals surface area contributed by atoms with E-state index in [2.05, 4.69) is 5.32 Å². The average molecular weight is 326 g/mol. The number of hydrogen-bond acceptors (Lipinski definition) is 2. The normalized spacial score (nSPS) is 18.8. The fourth-order valence-corrected chi connectivity index (χ4v) is 2.74. The van der Waals surface area contributed by atoms with E-state index >= 15 is 0 Å². The number of rotatable bonds is 5. The van der Waals surface area contributed by atoms with Crippen molar-refractivity contribution in [3.05, 3.63) is 66.0 Å². The Morgan fingerprint density at radius 1 is 1.08 bits per heavy atom. The summed E-state index contributed by atoms with van der Waals surface area (Å²) in [4.78, 5) is 26.3. The van der Waals surface area contributed by atoms with Crippen molar-refractivity contribution in [1.82, 2.24) is 4.90 Å². The standard InChI is InChI=1S/C19H19FN2O2/c1-22(12-13-5-3-2-4-6-13)19(24)17-11-16(17)18(23)21-15-9-7-14(20)8-10-15/h2-10,16-17H,11-12H2,1H3,(H,21,23). The van der Waals surface area contributed by atoms with Gasteiger partial charge in [-0.1, -0.05) is 30.3 Å². The van der Waals surface area contributed by atoms with Gasteiger partial charge >= 0.3 is 0 Å². The molecule has 0 saturated heterocycles. The molecule has 2 atom stereocenters. The topological polar surface area (TPSA) is 49.4 Å². The lowest BCUT2D eigenvalue weighted by Gasteiger charge is -2.17. The quantitative estimate of drug-likeness (QED) is 0.918. The van der Waals surface area contributed by atoms with Gasteiger partial charge in [0, 0.05) is 19.3 Å². The number of amides is 2. The predicted molar refractivity (Wildman–Crippen MR) is 89.5 cm³/mol. The van der Waals surface area contributed by atoms with Crippen molar-refractivity contribution in [2.45, 2.75) is 13.0 Å². The molecule has 0 heterocycles. The van der Waals surface area contributed by atoms with Crippen LogP contribution < -0.4 is 5.32 Å². The van der Waals surface area contributed by atoms with E-state index < -0.39 is 0 Å². The number of halogens is 1. The first kappa shape index (κ1) is 16.2. The van der Waals surface area contributed by atoms with Gasteiger partial charge in [0.2, 0.25) is 11.8 Å². The molecule has 1 aliphatic rings. The van der Waals surface area contributed by atoms with Crippen molar-refractivity contribution in [1.29, 1.82) is 0 Å². The molecule has 0 bridgehead atoms. The van der Waals surface area contributed by atoms with Crippen LogP contribution in [-0.2, 0) is 16.1 Å². The molecule has 1 aliphatic carbocycles. The lowest BCUT2D eigenvalue weighted by Crippen LogP contribution is -2.29. The van der Waals surface area contributed by atoms with Crippen molar-refractivity contribution < 1.29 is 14.0 Å². The summed E-state index contributed by atoms with van der Waals surface area (Å²) in [6.45, 7) is 0.530. The van der Waals surface area contributed by atoms with E-state index in [4.69, 9.17) is 0 Å². The van der Waals surface area contributed by atoms with Gasteiger partial charge in [0.25, 0.3) is 0 Å². The highest BCUT2D eigenvalue weighted by atomic mass is 19.1. The molecule has 0 aliphatic heterocycles. The number of hydrogen-bond donors (Lipinski definition) is 1. The first-order chi connectivity index (χ1) is 11.5. The van der Waals surface area contributed by atoms with Gasteiger partial charge in [-0.3, -0.25) is 9.59 Å². The molecule has 24 heavy (non-hydrogen) atoms. The second kappa shape index (κ2) is 6.83. The van der Waals surface area contributed by atoms with Crippen molar-refractivity contribution in [2.24, 2.45) is 11.8 Å². The molecule has 1 saturated carbocycles. The number of carbonyl (C=O) groups excluding carboxylic acids is 2. The van der Waals surface area contributed by atoms with Crippen LogP contribution in [0.5, 0.6) is 0 Å². The number of benzene rings is 2. The van der Waals surface area contributed by atoms with Crippen LogP contribution in [0.2, 0.25) is 0 Å². The van der Waals surface area contributed by atoms with Gasteiger partial charge < -0.3 is 10.2 Å². The predicted octanol–water partition coefficient (Wildman–Crippen LogP) is 3.06. The van der Waals surface area contributed by atoms with Crippen LogP contribution in [0.3, 0.4) is 0 Å². The summed E-state index contributed by atoms with van der Waals surface area (Å²) in [6.07, 6.45) is 0.561. The van der Waals surface area contributed by atoms with Gasteiger partial charge in [0.15, 0.2) is 0 Å². The molecular weight excluding hydrogens is 307 g/mol. The maximum atomic E-state index is 12.9. The molecule has 0 spiro atoms. The van der Waals surface area contributed by atoms with Gasteiger partial charge in [0.05, 0.1) is 11.8 Å². The van der Waals surface area contributed by atoms with Crippen LogP contribution in [0, 0.1) is 17.7 Å². The molecule has 2 amide bonds. The van der Waals surface area contributed by atoms with E-state index in [9.17, 15) is 14.0 Å². The Morgan fingerprint density at radius 2 is 1.75 bits per heavy atom. The third kappa shape index (κ3) is 3.79. The van der Waals surface area contributed by atoms with E-state index in [1.807, 2.05) is 30.3 Å². The molecule has 0 aromatic heterocycles. The van der Waals surface area contributed by atoms with Crippen molar-refractivity contribution >= 4 is 17.5 Å². The Morgan fingerprint density at radius 3 is 2.42 bits per heavy atom. The fourth-order valence-electron chi connectivity index (χ4n) is 2.74. The molecule has 0 radical (unpaired) electrons. The second-order valence-corrected chi connectivity index (χ2v) is 6.12. The van der Waals surface area contributed by atoms with Gasteiger partial charge in [-0.15, -0.1) is 0 Å². The van der Waals surface area contributed by atoms with Crippen LogP contribution in [-0.4, -0.2) is 23.8 Å². The van der Waals surface area contributed by atoms with Gasteiger partial charge in [-0.2, -0.15) is 0 Å². The molecule has 124 valence electrons. The van der Waals surface area contributed by atoms with Crippen LogP contribution in [0.15, 0.2) is 54.6 Å². The Bertz CT molecular complexity index is 731. The summed E-state index contributed by atoms with van der Waals surface area (Å²) in [6, 6.07) is 15.3. The van der Waals surface area contributed by atoms with Crippen LogP contribution in [0.25, 0.3) is 0 Å². The smallest absolute Gasteiger partial charge is 0.228 e. The molecule has 1 fully saturated rings. The molecular formula is C19H19FN2O2. The molecule has 2 aromatic rings. The van der Waals surface area contributed by atoms with Crippen LogP contribution >= 0.6 is 0 Å². The van der Waals surface area contributed by atoms with Crippen molar-refractivity contribution in [3.63, 3.8) is 0 Å². The minimum atomic E-state index is -0.352. The van der Waals surface area contributed by atoms with Gasteiger partial charge in [0.1, 0.15) is 5.82 Å². The largest absolute Gasteiger partial charge is 0.341 e. The van der Waals surface area contributed by atoms with E-state index in [0.29, 0.717) is 18.7 Å². The third-order valence-electron chi connectivity index (χ3n) is 4.19.